The van der Waals surface area contributed by atoms with E-state index in [1.54, 1.807) is 20.2 Å². The van der Waals surface area contributed by atoms with Gasteiger partial charge >= 0.3 is 5.97 Å². The molecule has 1 aromatic carbocycles. The van der Waals surface area contributed by atoms with E-state index in [4.69, 9.17) is 16.2 Å². The van der Waals surface area contributed by atoms with Gasteiger partial charge in [0.05, 0.1) is 12.0 Å². The second-order valence-electron chi connectivity index (χ2n) is 4.06. The van der Waals surface area contributed by atoms with Crippen molar-refractivity contribution in [1.82, 2.24) is 4.90 Å². The van der Waals surface area contributed by atoms with Crippen LogP contribution in [0, 0.1) is 0 Å². The van der Waals surface area contributed by atoms with Crippen molar-refractivity contribution >= 4 is 23.3 Å². The molecule has 0 aromatic heterocycles. The predicted octanol–water partition coefficient (Wildman–Crippen LogP) is 0.486. The molecule has 0 saturated carbocycles. The Morgan fingerprint density at radius 3 is 2.22 bits per heavy atom. The quantitative estimate of drug-likeness (QED) is 0.599. The molecule has 0 aliphatic carbocycles. The van der Waals surface area contributed by atoms with Gasteiger partial charge in [-0.3, -0.25) is 4.79 Å². The maximum atomic E-state index is 11.6. The van der Waals surface area contributed by atoms with Crippen molar-refractivity contribution < 1.29 is 14.3 Å². The summed E-state index contributed by atoms with van der Waals surface area (Å²) < 4.78 is 4.96. The van der Waals surface area contributed by atoms with Gasteiger partial charge in [0.25, 0.3) is 0 Å². The first-order valence-electron chi connectivity index (χ1n) is 5.43. The molecule has 4 N–H and O–H groups in total. The molecule has 1 aromatic rings. The molecule has 0 unspecified atom stereocenters. The van der Waals surface area contributed by atoms with E-state index in [2.05, 4.69) is 0 Å². The Kier molecular flexibility index (Phi) is 4.53. The minimum absolute atomic E-state index is 0.0323. The average Bonchev–Trinajstić information content (AvgIpc) is 2.27. The molecule has 0 fully saturated rings. The van der Waals surface area contributed by atoms with Crippen molar-refractivity contribution in [3.63, 3.8) is 0 Å². The SMILES string of the molecule is CN(C)C(=O)CCOC(=O)c1cc(N)cc(N)c1. The molecule has 0 aliphatic heterocycles. The number of anilines is 2. The van der Waals surface area contributed by atoms with Gasteiger partial charge in [-0.25, -0.2) is 4.79 Å². The highest BCUT2D eigenvalue weighted by atomic mass is 16.5. The van der Waals surface area contributed by atoms with E-state index < -0.39 is 5.97 Å². The molecule has 0 aliphatic rings. The second kappa shape index (κ2) is 5.90. The monoisotopic (exact) mass is 251 g/mol. The largest absolute Gasteiger partial charge is 0.462 e. The van der Waals surface area contributed by atoms with Crippen molar-refractivity contribution in [2.45, 2.75) is 6.42 Å². The lowest BCUT2D eigenvalue weighted by Gasteiger charge is -2.10. The molecule has 0 heterocycles. The fraction of sp³-hybridized carbons (Fsp3) is 0.333. The standard InChI is InChI=1S/C12H17N3O3/c1-15(2)11(16)3-4-18-12(17)8-5-9(13)7-10(14)6-8/h5-7H,3-4,13-14H2,1-2H3. The first-order valence-corrected chi connectivity index (χ1v) is 5.43. The molecule has 0 atom stereocenters. The average molecular weight is 251 g/mol. The zero-order chi connectivity index (χ0) is 13.7. The van der Waals surface area contributed by atoms with E-state index in [1.165, 1.54) is 17.0 Å². The summed E-state index contributed by atoms with van der Waals surface area (Å²) in [5.74, 6) is -0.643. The second-order valence-corrected chi connectivity index (χ2v) is 4.06. The molecular weight excluding hydrogens is 234 g/mol. The lowest BCUT2D eigenvalue weighted by atomic mass is 10.2. The Bertz CT molecular complexity index is 438. The lowest BCUT2D eigenvalue weighted by molar-refractivity contribution is -0.129. The van der Waals surface area contributed by atoms with Gasteiger partial charge in [0.1, 0.15) is 6.61 Å². The minimum atomic E-state index is -0.541. The van der Waals surface area contributed by atoms with Gasteiger partial charge in [0.15, 0.2) is 0 Å². The number of nitrogen functional groups attached to an aromatic ring is 2. The van der Waals surface area contributed by atoms with Gasteiger partial charge in [-0.15, -0.1) is 0 Å². The maximum absolute atomic E-state index is 11.6. The Morgan fingerprint density at radius 1 is 1.17 bits per heavy atom. The Balaban J connectivity index is 2.53. The van der Waals surface area contributed by atoms with Crippen LogP contribution in [0.15, 0.2) is 18.2 Å². The summed E-state index contributed by atoms with van der Waals surface area (Å²) in [6, 6.07) is 4.51. The summed E-state index contributed by atoms with van der Waals surface area (Å²) in [5.41, 5.74) is 12.2. The van der Waals surface area contributed by atoms with Crippen LogP contribution in [-0.4, -0.2) is 37.5 Å². The molecule has 1 amide bonds. The molecule has 6 nitrogen and oxygen atoms in total. The Morgan fingerprint density at radius 2 is 1.72 bits per heavy atom. The van der Waals surface area contributed by atoms with E-state index in [-0.39, 0.29) is 24.5 Å². The van der Waals surface area contributed by atoms with Crippen molar-refractivity contribution in [1.29, 1.82) is 0 Å². The van der Waals surface area contributed by atoms with Crippen molar-refractivity contribution in [3.8, 4) is 0 Å². The van der Waals surface area contributed by atoms with Gasteiger partial charge in [0, 0.05) is 25.5 Å². The van der Waals surface area contributed by atoms with Crippen LogP contribution in [0.1, 0.15) is 16.8 Å². The van der Waals surface area contributed by atoms with Gasteiger partial charge in [0.2, 0.25) is 5.91 Å². The molecule has 1 rings (SSSR count). The van der Waals surface area contributed by atoms with E-state index in [1.807, 2.05) is 0 Å². The number of nitrogens with zero attached hydrogens (tertiary/aromatic N) is 1. The Labute approximate surface area is 105 Å². The summed E-state index contributed by atoms with van der Waals surface area (Å²) in [4.78, 5) is 24.3. The number of ether oxygens (including phenoxy) is 1. The molecule has 0 saturated heterocycles. The number of nitrogens with two attached hydrogens (primary N) is 2. The van der Waals surface area contributed by atoms with Crippen molar-refractivity contribution in [2.24, 2.45) is 0 Å². The highest BCUT2D eigenvalue weighted by Gasteiger charge is 2.10. The maximum Gasteiger partial charge on any atom is 0.338 e. The van der Waals surface area contributed by atoms with E-state index >= 15 is 0 Å². The van der Waals surface area contributed by atoms with Gasteiger partial charge < -0.3 is 21.1 Å². The topological polar surface area (TPSA) is 98.6 Å². The highest BCUT2D eigenvalue weighted by molar-refractivity contribution is 5.91. The van der Waals surface area contributed by atoms with Crippen LogP contribution in [0.5, 0.6) is 0 Å². The summed E-state index contributed by atoms with van der Waals surface area (Å²) in [6.07, 6.45) is 0.149. The smallest absolute Gasteiger partial charge is 0.338 e. The van der Waals surface area contributed by atoms with Crippen LogP contribution in [-0.2, 0) is 9.53 Å². The fourth-order valence-electron chi connectivity index (χ4n) is 1.33. The third-order valence-electron chi connectivity index (χ3n) is 2.26. The van der Waals surface area contributed by atoms with Gasteiger partial charge in [-0.05, 0) is 18.2 Å². The minimum Gasteiger partial charge on any atom is -0.462 e. The summed E-state index contributed by atoms with van der Waals surface area (Å²) in [5, 5.41) is 0. The molecular formula is C12H17N3O3. The molecule has 0 spiro atoms. The number of benzene rings is 1. The predicted molar refractivity (Wildman–Crippen MR) is 68.9 cm³/mol. The van der Waals surface area contributed by atoms with Crippen LogP contribution in [0.3, 0.4) is 0 Å². The van der Waals surface area contributed by atoms with Crippen molar-refractivity contribution in [3.05, 3.63) is 23.8 Å². The van der Waals surface area contributed by atoms with Crippen molar-refractivity contribution in [2.75, 3.05) is 32.2 Å². The lowest BCUT2D eigenvalue weighted by Crippen LogP contribution is -2.23. The van der Waals surface area contributed by atoms with Crippen LogP contribution in [0.2, 0.25) is 0 Å². The number of amides is 1. The van der Waals surface area contributed by atoms with E-state index in [9.17, 15) is 9.59 Å². The number of carbonyl (C=O) groups excluding carboxylic acids is 2. The summed E-state index contributed by atoms with van der Waals surface area (Å²) in [7, 11) is 3.28. The van der Waals surface area contributed by atoms with E-state index in [0.717, 1.165) is 0 Å². The zero-order valence-electron chi connectivity index (χ0n) is 10.5. The van der Waals surface area contributed by atoms with Crippen LogP contribution >= 0.6 is 0 Å². The molecule has 0 bridgehead atoms. The van der Waals surface area contributed by atoms with Gasteiger partial charge in [-0.1, -0.05) is 0 Å². The summed E-state index contributed by atoms with van der Waals surface area (Å²) >= 11 is 0. The molecule has 0 radical (unpaired) electrons. The first-order chi connectivity index (χ1) is 8.40. The third-order valence-corrected chi connectivity index (χ3v) is 2.26. The molecule has 98 valence electrons. The first kappa shape index (κ1) is 13.8. The van der Waals surface area contributed by atoms with Crippen LogP contribution < -0.4 is 11.5 Å². The number of carbonyl (C=O) groups is 2. The fourth-order valence-corrected chi connectivity index (χ4v) is 1.33. The number of hydrogen-bond acceptors (Lipinski definition) is 5. The van der Waals surface area contributed by atoms with Crippen LogP contribution in [0.25, 0.3) is 0 Å². The highest BCUT2D eigenvalue weighted by Crippen LogP contribution is 2.14. The summed E-state index contributed by atoms with van der Waals surface area (Å²) in [6.45, 7) is 0.0323. The number of rotatable bonds is 4. The number of esters is 1. The molecule has 6 heteroatoms. The van der Waals surface area contributed by atoms with Crippen LogP contribution in [0.4, 0.5) is 11.4 Å². The number of hydrogen-bond donors (Lipinski definition) is 2. The van der Waals surface area contributed by atoms with E-state index in [0.29, 0.717) is 11.4 Å². The third kappa shape index (κ3) is 3.97. The normalized spacial score (nSPS) is 9.89. The zero-order valence-corrected chi connectivity index (χ0v) is 10.5. The van der Waals surface area contributed by atoms with Gasteiger partial charge in [-0.2, -0.15) is 0 Å². The Hall–Kier alpha value is -2.24. The molecule has 18 heavy (non-hydrogen) atoms.